The molecule has 1 N–H and O–H groups in total. The summed E-state index contributed by atoms with van der Waals surface area (Å²) in [5.41, 5.74) is 1.10. The van der Waals surface area contributed by atoms with Crippen molar-refractivity contribution in [1.29, 1.82) is 0 Å². The smallest absolute Gasteiger partial charge is 0.248 e. The molecule has 2 aromatic carbocycles. The maximum atomic E-state index is 12.8. The zero-order valence-electron chi connectivity index (χ0n) is 11.7. The van der Waals surface area contributed by atoms with Crippen LogP contribution in [0, 0.1) is 5.82 Å². The van der Waals surface area contributed by atoms with E-state index in [9.17, 15) is 13.4 Å². The average molecular weight is 338 g/mol. The van der Waals surface area contributed by atoms with Crippen LogP contribution in [0.5, 0.6) is 0 Å². The SMILES string of the molecule is C[S@@](=O)c1c(Cl)cccc1NC(=O)/C=C/c1ccc(F)cc1. The minimum atomic E-state index is -1.32. The predicted octanol–water partition coefficient (Wildman–Crippen LogP) is 3.87. The molecule has 0 unspecified atom stereocenters. The molecular formula is C16H13ClFNO2S. The third-order valence-corrected chi connectivity index (χ3v) is 4.25. The highest BCUT2D eigenvalue weighted by molar-refractivity contribution is 7.84. The molecule has 0 saturated carbocycles. The predicted molar refractivity (Wildman–Crippen MR) is 87.8 cm³/mol. The molecule has 0 aliphatic heterocycles. The number of rotatable bonds is 4. The highest BCUT2D eigenvalue weighted by Gasteiger charge is 2.11. The summed E-state index contributed by atoms with van der Waals surface area (Å²) in [6, 6.07) is 10.7. The Labute approximate surface area is 135 Å². The normalized spacial score (nSPS) is 12.3. The Kier molecular flexibility index (Phi) is 5.46. The first kappa shape index (κ1) is 16.4. The van der Waals surface area contributed by atoms with Crippen LogP contribution in [0.3, 0.4) is 0 Å². The Morgan fingerprint density at radius 1 is 1.23 bits per heavy atom. The van der Waals surface area contributed by atoms with Gasteiger partial charge in [-0.05, 0) is 35.9 Å². The van der Waals surface area contributed by atoms with E-state index >= 15 is 0 Å². The number of nitrogens with one attached hydrogen (secondary N) is 1. The molecule has 0 saturated heterocycles. The van der Waals surface area contributed by atoms with Gasteiger partial charge in [-0.15, -0.1) is 0 Å². The molecule has 6 heteroatoms. The van der Waals surface area contributed by atoms with Gasteiger partial charge >= 0.3 is 0 Å². The summed E-state index contributed by atoms with van der Waals surface area (Å²) in [7, 11) is -1.32. The van der Waals surface area contributed by atoms with Gasteiger partial charge in [0.05, 0.1) is 26.4 Å². The van der Waals surface area contributed by atoms with E-state index in [2.05, 4.69) is 5.32 Å². The highest BCUT2D eigenvalue weighted by Crippen LogP contribution is 2.27. The fourth-order valence-corrected chi connectivity index (χ4v) is 3.09. The summed E-state index contributed by atoms with van der Waals surface area (Å²) >= 11 is 6.00. The van der Waals surface area contributed by atoms with E-state index in [4.69, 9.17) is 11.6 Å². The maximum Gasteiger partial charge on any atom is 0.248 e. The van der Waals surface area contributed by atoms with Gasteiger partial charge in [0.1, 0.15) is 5.82 Å². The second-order valence-electron chi connectivity index (χ2n) is 4.44. The average Bonchev–Trinajstić information content (AvgIpc) is 2.46. The number of carbonyl (C=O) groups excluding carboxylic acids is 1. The number of carbonyl (C=O) groups is 1. The van der Waals surface area contributed by atoms with E-state index in [1.165, 1.54) is 24.5 Å². The van der Waals surface area contributed by atoms with Crippen molar-refractivity contribution in [3.05, 3.63) is 64.9 Å². The van der Waals surface area contributed by atoms with Crippen LogP contribution in [-0.2, 0) is 15.6 Å². The zero-order chi connectivity index (χ0) is 16.1. The topological polar surface area (TPSA) is 46.2 Å². The van der Waals surface area contributed by atoms with Gasteiger partial charge in [-0.2, -0.15) is 0 Å². The van der Waals surface area contributed by atoms with Gasteiger partial charge < -0.3 is 5.32 Å². The molecule has 0 heterocycles. The van der Waals surface area contributed by atoms with Crippen LogP contribution in [0.15, 0.2) is 53.4 Å². The van der Waals surface area contributed by atoms with Crippen molar-refractivity contribution in [2.24, 2.45) is 0 Å². The lowest BCUT2D eigenvalue weighted by Crippen LogP contribution is -2.10. The van der Waals surface area contributed by atoms with Gasteiger partial charge in [0.25, 0.3) is 0 Å². The Morgan fingerprint density at radius 3 is 2.55 bits per heavy atom. The van der Waals surface area contributed by atoms with Crippen molar-refractivity contribution in [2.75, 3.05) is 11.6 Å². The molecule has 3 nitrogen and oxygen atoms in total. The van der Waals surface area contributed by atoms with E-state index in [0.717, 1.165) is 0 Å². The fraction of sp³-hybridized carbons (Fsp3) is 0.0625. The summed E-state index contributed by atoms with van der Waals surface area (Å²) in [6.45, 7) is 0. The monoisotopic (exact) mass is 337 g/mol. The Bertz CT molecular complexity index is 744. The van der Waals surface area contributed by atoms with Gasteiger partial charge in [-0.25, -0.2) is 4.39 Å². The van der Waals surface area contributed by atoms with Gasteiger partial charge in [0, 0.05) is 12.3 Å². The third kappa shape index (κ3) is 4.26. The summed E-state index contributed by atoms with van der Waals surface area (Å²) in [5.74, 6) is -0.728. The molecule has 2 aromatic rings. The second kappa shape index (κ2) is 7.33. The van der Waals surface area contributed by atoms with E-state index < -0.39 is 16.7 Å². The Balaban J connectivity index is 2.14. The first-order chi connectivity index (χ1) is 10.5. The second-order valence-corrected chi connectivity index (χ2v) is 6.17. The Morgan fingerprint density at radius 2 is 1.91 bits per heavy atom. The van der Waals surface area contributed by atoms with Crippen LogP contribution in [0.4, 0.5) is 10.1 Å². The lowest BCUT2D eigenvalue weighted by molar-refractivity contribution is -0.111. The number of hydrogen-bond acceptors (Lipinski definition) is 2. The Hall–Kier alpha value is -1.98. The highest BCUT2D eigenvalue weighted by atomic mass is 35.5. The summed E-state index contributed by atoms with van der Waals surface area (Å²) in [6.07, 6.45) is 4.36. The standard InChI is InChI=1S/C16H13ClFNO2S/c1-22(21)16-13(17)3-2-4-14(16)19-15(20)10-7-11-5-8-12(18)9-6-11/h2-10H,1H3,(H,19,20)/b10-7+/t22-/m1/s1. The first-order valence-electron chi connectivity index (χ1n) is 6.34. The molecule has 0 aliphatic rings. The van der Waals surface area contributed by atoms with Crippen molar-refractivity contribution in [1.82, 2.24) is 0 Å². The quantitative estimate of drug-likeness (QED) is 0.861. The summed E-state index contributed by atoms with van der Waals surface area (Å²) in [5, 5.41) is 2.97. The van der Waals surface area contributed by atoms with E-state index in [-0.39, 0.29) is 5.82 Å². The molecule has 0 aliphatic carbocycles. The summed E-state index contributed by atoms with van der Waals surface area (Å²) < 4.78 is 24.5. The summed E-state index contributed by atoms with van der Waals surface area (Å²) in [4.78, 5) is 12.3. The molecule has 2 rings (SSSR count). The first-order valence-corrected chi connectivity index (χ1v) is 8.27. The van der Waals surface area contributed by atoms with Crippen LogP contribution in [0.2, 0.25) is 5.02 Å². The van der Waals surface area contributed by atoms with E-state index in [1.54, 1.807) is 36.4 Å². The van der Waals surface area contributed by atoms with Crippen molar-refractivity contribution in [2.45, 2.75) is 4.90 Å². The third-order valence-electron chi connectivity index (χ3n) is 2.81. The van der Waals surface area contributed by atoms with Gasteiger partial charge in [0.2, 0.25) is 5.91 Å². The molecule has 0 bridgehead atoms. The van der Waals surface area contributed by atoms with Crippen LogP contribution >= 0.6 is 11.6 Å². The maximum absolute atomic E-state index is 12.8. The molecule has 0 fully saturated rings. The van der Waals surface area contributed by atoms with Gasteiger partial charge in [-0.3, -0.25) is 9.00 Å². The number of hydrogen-bond donors (Lipinski definition) is 1. The lowest BCUT2D eigenvalue weighted by atomic mass is 10.2. The van der Waals surface area contributed by atoms with Crippen molar-refractivity contribution < 1.29 is 13.4 Å². The molecule has 22 heavy (non-hydrogen) atoms. The largest absolute Gasteiger partial charge is 0.321 e. The minimum Gasteiger partial charge on any atom is -0.321 e. The van der Waals surface area contributed by atoms with Gasteiger partial charge in [-0.1, -0.05) is 29.8 Å². The molecule has 0 spiro atoms. The van der Waals surface area contributed by atoms with Crippen molar-refractivity contribution in [3.8, 4) is 0 Å². The molecule has 0 aromatic heterocycles. The van der Waals surface area contributed by atoms with Crippen LogP contribution in [0.25, 0.3) is 6.08 Å². The van der Waals surface area contributed by atoms with Crippen LogP contribution in [-0.4, -0.2) is 16.4 Å². The van der Waals surface area contributed by atoms with Crippen molar-refractivity contribution >= 4 is 40.1 Å². The number of halogens is 2. The number of amides is 1. The molecule has 114 valence electrons. The molecule has 1 atom stereocenters. The van der Waals surface area contributed by atoms with Crippen LogP contribution in [0.1, 0.15) is 5.56 Å². The lowest BCUT2D eigenvalue weighted by Gasteiger charge is -2.09. The van der Waals surface area contributed by atoms with Crippen molar-refractivity contribution in [3.63, 3.8) is 0 Å². The molecular weight excluding hydrogens is 325 g/mol. The number of anilines is 1. The van der Waals surface area contributed by atoms with E-state index in [1.807, 2.05) is 0 Å². The minimum absolute atomic E-state index is 0.334. The zero-order valence-corrected chi connectivity index (χ0v) is 13.2. The number of benzene rings is 2. The molecule has 0 radical (unpaired) electrons. The molecule has 1 amide bonds. The fourth-order valence-electron chi connectivity index (χ4n) is 1.82. The van der Waals surface area contributed by atoms with Gasteiger partial charge in [0.15, 0.2) is 0 Å². The van der Waals surface area contributed by atoms with Crippen LogP contribution < -0.4 is 5.32 Å². The van der Waals surface area contributed by atoms with E-state index in [0.29, 0.717) is 21.2 Å².